The van der Waals surface area contributed by atoms with Gasteiger partial charge in [-0.1, -0.05) is 23.4 Å². The number of β-amino-alcohol motifs (C(OH)–C–C–N with tert-alkyl or cyclic N) is 1. The van der Waals surface area contributed by atoms with E-state index in [0.29, 0.717) is 18.1 Å². The fourth-order valence-corrected chi connectivity index (χ4v) is 3.76. The molecule has 1 aliphatic rings. The van der Waals surface area contributed by atoms with Crippen LogP contribution in [0.2, 0.25) is 0 Å². The zero-order valence-corrected chi connectivity index (χ0v) is 14.9. The quantitative estimate of drug-likeness (QED) is 0.777. The molecule has 2 atom stereocenters. The maximum atomic E-state index is 13.0. The molecule has 3 heterocycles. The zero-order valence-electron chi connectivity index (χ0n) is 14.9. The van der Waals surface area contributed by atoms with Crippen LogP contribution in [0.3, 0.4) is 0 Å². The first kappa shape index (κ1) is 16.8. The lowest BCUT2D eigenvalue weighted by molar-refractivity contribution is -0.132. The predicted molar refractivity (Wildman–Crippen MR) is 95.4 cm³/mol. The number of amides is 1. The first-order valence-corrected chi connectivity index (χ1v) is 8.91. The van der Waals surface area contributed by atoms with Gasteiger partial charge in [0, 0.05) is 36.6 Å². The maximum absolute atomic E-state index is 13.0. The first-order valence-electron chi connectivity index (χ1n) is 8.91. The topological polar surface area (TPSA) is 84.4 Å². The minimum Gasteiger partial charge on any atom is -0.391 e. The molecule has 26 heavy (non-hydrogen) atoms. The Bertz CT molecular complexity index is 945. The van der Waals surface area contributed by atoms with Crippen LogP contribution >= 0.6 is 0 Å². The zero-order chi connectivity index (χ0) is 18.3. The molecule has 4 rings (SSSR count). The lowest BCUT2D eigenvalue weighted by atomic mass is 10.1. The van der Waals surface area contributed by atoms with Gasteiger partial charge in [0.1, 0.15) is 6.04 Å². The molecule has 7 heteroatoms. The molecule has 0 radical (unpaired) electrons. The molecular formula is C19H22N4O3. The van der Waals surface area contributed by atoms with Gasteiger partial charge in [0.25, 0.3) is 0 Å². The van der Waals surface area contributed by atoms with E-state index in [0.717, 1.165) is 23.0 Å². The van der Waals surface area contributed by atoms with Gasteiger partial charge in [-0.25, -0.2) is 0 Å². The third kappa shape index (κ3) is 2.88. The smallest absolute Gasteiger partial charge is 0.249 e. The number of aromatic nitrogens is 3. The van der Waals surface area contributed by atoms with E-state index in [2.05, 4.69) is 27.7 Å². The fraction of sp³-hybridized carbons (Fsp3) is 0.421. The van der Waals surface area contributed by atoms with E-state index in [1.807, 2.05) is 24.4 Å². The van der Waals surface area contributed by atoms with Crippen molar-refractivity contribution in [2.45, 2.75) is 45.4 Å². The van der Waals surface area contributed by atoms with E-state index in [-0.39, 0.29) is 24.9 Å². The van der Waals surface area contributed by atoms with Crippen LogP contribution in [-0.4, -0.2) is 43.3 Å². The highest BCUT2D eigenvalue weighted by Gasteiger charge is 2.38. The molecule has 1 fully saturated rings. The van der Waals surface area contributed by atoms with Crippen molar-refractivity contribution in [3.63, 3.8) is 0 Å². The van der Waals surface area contributed by atoms with E-state index in [4.69, 9.17) is 4.52 Å². The number of nitrogens with zero attached hydrogens (tertiary/aromatic N) is 4. The van der Waals surface area contributed by atoms with Crippen molar-refractivity contribution in [2.24, 2.45) is 0 Å². The summed E-state index contributed by atoms with van der Waals surface area (Å²) in [6.45, 7) is 4.96. The number of aliphatic hydroxyl groups is 1. The van der Waals surface area contributed by atoms with Crippen molar-refractivity contribution in [3.8, 4) is 0 Å². The number of aryl methyl sites for hydroxylation is 2. The van der Waals surface area contributed by atoms with Gasteiger partial charge in [-0.05, 0) is 25.5 Å². The lowest BCUT2D eigenvalue weighted by Crippen LogP contribution is -2.33. The normalized spacial score (nSPS) is 20.2. The monoisotopic (exact) mass is 354 g/mol. The molecule has 1 amide bonds. The summed E-state index contributed by atoms with van der Waals surface area (Å²) in [6, 6.07) is 7.74. The second-order valence-electron chi connectivity index (χ2n) is 6.77. The number of aliphatic hydroxyl groups excluding tert-OH is 1. The Morgan fingerprint density at radius 2 is 2.19 bits per heavy atom. The standard InChI is InChI=1S/C19H22N4O3/c1-3-22-10-13(15-6-4-5-7-16(15)22)8-18(25)23-11-14(24)9-17(23)19-20-12(2)21-26-19/h4-7,10,14,17,24H,3,8-9,11H2,1-2H3/t14-,17-/m1/s1. The Kier molecular flexibility index (Phi) is 4.24. The molecule has 0 bridgehead atoms. The molecular weight excluding hydrogens is 332 g/mol. The average Bonchev–Trinajstić information content (AvgIpc) is 3.32. The van der Waals surface area contributed by atoms with Crippen molar-refractivity contribution in [2.75, 3.05) is 6.54 Å². The highest BCUT2D eigenvalue weighted by Crippen LogP contribution is 2.32. The lowest BCUT2D eigenvalue weighted by Gasteiger charge is -2.21. The van der Waals surface area contributed by atoms with Crippen molar-refractivity contribution in [1.82, 2.24) is 19.6 Å². The SMILES string of the molecule is CCn1cc(CC(=O)N2C[C@H](O)C[C@@H]2c2nc(C)no2)c2ccccc21. The molecule has 136 valence electrons. The third-order valence-corrected chi connectivity index (χ3v) is 4.98. The van der Waals surface area contributed by atoms with E-state index in [1.54, 1.807) is 11.8 Å². The van der Waals surface area contributed by atoms with Crippen molar-refractivity contribution < 1.29 is 14.4 Å². The molecule has 0 spiro atoms. The number of para-hydroxylation sites is 1. The number of benzene rings is 1. The van der Waals surface area contributed by atoms with E-state index < -0.39 is 6.10 Å². The van der Waals surface area contributed by atoms with Crippen LogP contribution in [0.5, 0.6) is 0 Å². The van der Waals surface area contributed by atoms with Crippen LogP contribution in [0.1, 0.15) is 36.7 Å². The molecule has 1 N–H and O–H groups in total. The Morgan fingerprint density at radius 1 is 1.38 bits per heavy atom. The summed E-state index contributed by atoms with van der Waals surface area (Å²) in [6.07, 6.45) is 2.17. The molecule has 0 aliphatic carbocycles. The van der Waals surface area contributed by atoms with Crippen molar-refractivity contribution in [1.29, 1.82) is 0 Å². The van der Waals surface area contributed by atoms with Gasteiger partial charge in [-0.3, -0.25) is 4.79 Å². The minimum atomic E-state index is -0.576. The molecule has 2 aromatic heterocycles. The molecule has 1 aliphatic heterocycles. The van der Waals surface area contributed by atoms with Crippen LogP contribution in [0, 0.1) is 6.92 Å². The number of fused-ring (bicyclic) bond motifs is 1. The van der Waals surface area contributed by atoms with Gasteiger partial charge >= 0.3 is 0 Å². The molecule has 7 nitrogen and oxygen atoms in total. The number of likely N-dealkylation sites (tertiary alicyclic amines) is 1. The van der Waals surface area contributed by atoms with Gasteiger partial charge < -0.3 is 19.1 Å². The van der Waals surface area contributed by atoms with Crippen LogP contribution in [0.25, 0.3) is 10.9 Å². The number of carbonyl (C=O) groups is 1. The Hall–Kier alpha value is -2.67. The summed E-state index contributed by atoms with van der Waals surface area (Å²) in [5.41, 5.74) is 2.12. The maximum Gasteiger partial charge on any atom is 0.249 e. The summed E-state index contributed by atoms with van der Waals surface area (Å²) < 4.78 is 7.40. The number of rotatable bonds is 4. The van der Waals surface area contributed by atoms with Gasteiger partial charge in [-0.2, -0.15) is 4.98 Å². The minimum absolute atomic E-state index is 0.0404. The molecule has 1 saturated heterocycles. The highest BCUT2D eigenvalue weighted by atomic mass is 16.5. The van der Waals surface area contributed by atoms with E-state index in [1.165, 1.54) is 0 Å². The van der Waals surface area contributed by atoms with E-state index in [9.17, 15) is 9.90 Å². The summed E-state index contributed by atoms with van der Waals surface area (Å²) in [5.74, 6) is 0.879. The highest BCUT2D eigenvalue weighted by molar-refractivity contribution is 5.89. The summed E-state index contributed by atoms with van der Waals surface area (Å²) >= 11 is 0. The second kappa shape index (κ2) is 6.57. The largest absolute Gasteiger partial charge is 0.391 e. The number of hydrogen-bond donors (Lipinski definition) is 1. The average molecular weight is 354 g/mol. The summed E-state index contributed by atoms with van der Waals surface area (Å²) in [7, 11) is 0. The van der Waals surface area contributed by atoms with Crippen LogP contribution < -0.4 is 0 Å². The fourth-order valence-electron chi connectivity index (χ4n) is 3.76. The van der Waals surface area contributed by atoms with Crippen molar-refractivity contribution >= 4 is 16.8 Å². The summed E-state index contributed by atoms with van der Waals surface area (Å²) in [5, 5.41) is 15.0. The van der Waals surface area contributed by atoms with Crippen molar-refractivity contribution in [3.05, 3.63) is 47.7 Å². The Morgan fingerprint density at radius 3 is 2.92 bits per heavy atom. The van der Waals surface area contributed by atoms with Gasteiger partial charge in [-0.15, -0.1) is 0 Å². The van der Waals surface area contributed by atoms with Crippen LogP contribution in [-0.2, 0) is 17.8 Å². The Labute approximate surface area is 151 Å². The molecule has 0 saturated carbocycles. The van der Waals surface area contributed by atoms with E-state index >= 15 is 0 Å². The molecule has 1 aromatic carbocycles. The molecule has 3 aromatic rings. The van der Waals surface area contributed by atoms with Crippen LogP contribution in [0.15, 0.2) is 35.0 Å². The Balaban J connectivity index is 1.61. The van der Waals surface area contributed by atoms with Gasteiger partial charge in [0.2, 0.25) is 11.8 Å². The van der Waals surface area contributed by atoms with Crippen LogP contribution in [0.4, 0.5) is 0 Å². The predicted octanol–water partition coefficient (Wildman–Crippen LogP) is 2.23. The molecule has 0 unspecified atom stereocenters. The first-order chi connectivity index (χ1) is 12.6. The summed E-state index contributed by atoms with van der Waals surface area (Å²) in [4.78, 5) is 18.9. The number of carbonyl (C=O) groups excluding carboxylic acids is 1. The third-order valence-electron chi connectivity index (χ3n) is 4.98. The second-order valence-corrected chi connectivity index (χ2v) is 6.77. The van der Waals surface area contributed by atoms with Gasteiger partial charge in [0.05, 0.1) is 12.5 Å². The van der Waals surface area contributed by atoms with Gasteiger partial charge in [0.15, 0.2) is 5.82 Å². The number of hydrogen-bond acceptors (Lipinski definition) is 5.